The molecule has 0 heteroatoms. The molecule has 0 amide bonds. The van der Waals surface area contributed by atoms with Crippen molar-refractivity contribution < 1.29 is 0 Å². The molecular weight excluding hydrogens is 84.1 g/mol. The monoisotopic (exact) mass is 100 g/mol. The van der Waals surface area contributed by atoms with Gasteiger partial charge in [0.2, 0.25) is 0 Å². The van der Waals surface area contributed by atoms with Crippen molar-refractivity contribution >= 4 is 0 Å². The highest BCUT2D eigenvalue weighted by atomic mass is 13.3. The summed E-state index contributed by atoms with van der Waals surface area (Å²) in [5.74, 6) is 0. The van der Waals surface area contributed by atoms with Gasteiger partial charge < -0.3 is 0 Å². The molecule has 0 saturated heterocycles. The molecule has 0 bridgehead atoms. The quantitative estimate of drug-likeness (QED) is 0.410. The fraction of sp³-hybridized carbons (Fsp3) is 0.571. The van der Waals surface area contributed by atoms with Crippen molar-refractivity contribution in [3.8, 4) is 0 Å². The Kier molecular flexibility index (Phi) is 112. The first-order valence-corrected chi connectivity index (χ1v) is 2.22. The summed E-state index contributed by atoms with van der Waals surface area (Å²) >= 11 is 0. The van der Waals surface area contributed by atoms with E-state index in [1.54, 1.807) is 6.08 Å². The third-order valence-electron chi connectivity index (χ3n) is 0.204. The minimum atomic E-state index is 0. The highest BCUT2D eigenvalue weighted by Crippen LogP contribution is 1.46. The summed E-state index contributed by atoms with van der Waals surface area (Å²) in [7, 11) is 0. The second-order valence-corrected chi connectivity index (χ2v) is 0.493. The zero-order chi connectivity index (χ0) is 5.41. The molecule has 0 heterocycles. The van der Waals surface area contributed by atoms with E-state index < -0.39 is 0 Å². The third-order valence-corrected chi connectivity index (χ3v) is 0.204. The van der Waals surface area contributed by atoms with Crippen LogP contribution in [0.1, 0.15) is 28.2 Å². The van der Waals surface area contributed by atoms with E-state index in [0.29, 0.717) is 0 Å². The maximum atomic E-state index is 3.30. The van der Waals surface area contributed by atoms with E-state index in [1.807, 2.05) is 20.8 Å². The Morgan fingerprint density at radius 1 is 1.43 bits per heavy atom. The molecule has 0 radical (unpaired) electrons. The van der Waals surface area contributed by atoms with E-state index in [-0.39, 0.29) is 7.43 Å². The Labute approximate surface area is 47.6 Å². The van der Waals surface area contributed by atoms with E-state index in [9.17, 15) is 0 Å². The lowest BCUT2D eigenvalue weighted by Crippen LogP contribution is -1.15. The van der Waals surface area contributed by atoms with E-state index in [0.717, 1.165) is 0 Å². The normalized spacial score (nSPS) is 3.29. The van der Waals surface area contributed by atoms with Gasteiger partial charge in [0.25, 0.3) is 0 Å². The van der Waals surface area contributed by atoms with Crippen LogP contribution in [0.15, 0.2) is 18.4 Å². The molecule has 0 aromatic carbocycles. The average molecular weight is 100 g/mol. The minimum absolute atomic E-state index is 0. The molecule has 0 aromatic rings. The van der Waals surface area contributed by atoms with Crippen molar-refractivity contribution in [3.05, 3.63) is 18.4 Å². The number of allylic oxidation sites excluding steroid dienone is 1. The molecule has 44 valence electrons. The van der Waals surface area contributed by atoms with Gasteiger partial charge in [0.1, 0.15) is 0 Å². The van der Waals surface area contributed by atoms with Gasteiger partial charge in [0, 0.05) is 0 Å². The summed E-state index contributed by atoms with van der Waals surface area (Å²) in [6, 6.07) is 0. The van der Waals surface area contributed by atoms with Gasteiger partial charge in [0.15, 0.2) is 0 Å². The predicted octanol–water partition coefficient (Wildman–Crippen LogP) is 3.01. The Balaban J connectivity index is -0.0000000480. The molecule has 0 aliphatic carbocycles. The van der Waals surface area contributed by atoms with E-state index in [1.165, 1.54) is 0 Å². The smallest absolute Gasteiger partial charge is 0.0393 e. The Hall–Kier alpha value is -0.480. The Bertz CT molecular complexity index is 38.0. The summed E-state index contributed by atoms with van der Waals surface area (Å²) < 4.78 is 0. The van der Waals surface area contributed by atoms with Crippen LogP contribution in [0.5, 0.6) is 0 Å². The molecule has 0 N–H and O–H groups in total. The summed E-state index contributed by atoms with van der Waals surface area (Å²) in [4.78, 5) is 0. The topological polar surface area (TPSA) is 0 Å². The third kappa shape index (κ3) is 253. The van der Waals surface area contributed by atoms with Crippen LogP contribution in [0.4, 0.5) is 0 Å². The van der Waals surface area contributed by atoms with Crippen molar-refractivity contribution in [2.45, 2.75) is 28.2 Å². The molecule has 0 unspecified atom stereocenters. The molecule has 0 saturated carbocycles. The molecule has 0 aliphatic heterocycles. The molecule has 7 heavy (non-hydrogen) atoms. The first-order valence-electron chi connectivity index (χ1n) is 2.22. The lowest BCUT2D eigenvalue weighted by molar-refractivity contribution is 1.50. The SMILES string of the molecule is C.C=C=CC.CC. The van der Waals surface area contributed by atoms with Gasteiger partial charge in [-0.1, -0.05) is 27.9 Å². The molecular formula is C7H16. The van der Waals surface area contributed by atoms with Gasteiger partial charge in [-0.05, 0) is 13.0 Å². The fourth-order valence-corrected chi connectivity index (χ4v) is 0. The molecule has 0 rings (SSSR count). The Morgan fingerprint density at radius 2 is 1.57 bits per heavy atom. The van der Waals surface area contributed by atoms with Gasteiger partial charge in [-0.3, -0.25) is 0 Å². The lowest BCUT2D eigenvalue weighted by atomic mass is 10.7. The zero-order valence-electron chi connectivity index (χ0n) is 4.78. The average Bonchev–Trinajstić information content (AvgIpc) is 1.72. The van der Waals surface area contributed by atoms with Crippen LogP contribution >= 0.6 is 0 Å². The summed E-state index contributed by atoms with van der Waals surface area (Å²) in [6.07, 6.45) is 1.76. The van der Waals surface area contributed by atoms with Crippen LogP contribution < -0.4 is 0 Å². The molecule has 0 fully saturated rings. The van der Waals surface area contributed by atoms with E-state index >= 15 is 0 Å². The fourth-order valence-electron chi connectivity index (χ4n) is 0. The van der Waals surface area contributed by atoms with Gasteiger partial charge in [-0.15, -0.1) is 5.73 Å². The predicted molar refractivity (Wildman–Crippen MR) is 37.5 cm³/mol. The van der Waals surface area contributed by atoms with Crippen molar-refractivity contribution in [2.24, 2.45) is 0 Å². The van der Waals surface area contributed by atoms with Crippen LogP contribution in [-0.2, 0) is 0 Å². The summed E-state index contributed by atoms with van der Waals surface area (Å²) in [6.45, 7) is 9.18. The standard InChI is InChI=1S/C4H6.C2H6.CH4/c1-3-4-2;1-2;/h4H,1H2,2H3;1-2H3;1H4. The van der Waals surface area contributed by atoms with Gasteiger partial charge in [-0.2, -0.15) is 0 Å². The van der Waals surface area contributed by atoms with Gasteiger partial charge >= 0.3 is 0 Å². The number of rotatable bonds is 0. The zero-order valence-corrected chi connectivity index (χ0v) is 4.78. The van der Waals surface area contributed by atoms with Crippen LogP contribution in [0.25, 0.3) is 0 Å². The molecule has 0 aliphatic rings. The highest BCUT2D eigenvalue weighted by molar-refractivity contribution is 4.67. The van der Waals surface area contributed by atoms with Crippen LogP contribution in [0, 0.1) is 0 Å². The maximum Gasteiger partial charge on any atom is -0.0393 e. The second kappa shape index (κ2) is 48.8. The maximum absolute atomic E-state index is 3.30. The summed E-state index contributed by atoms with van der Waals surface area (Å²) in [5, 5.41) is 0. The molecule has 0 atom stereocenters. The second-order valence-electron chi connectivity index (χ2n) is 0.493. The van der Waals surface area contributed by atoms with Crippen molar-refractivity contribution in [1.29, 1.82) is 0 Å². The van der Waals surface area contributed by atoms with Crippen molar-refractivity contribution in [1.82, 2.24) is 0 Å². The molecule has 0 spiro atoms. The van der Waals surface area contributed by atoms with E-state index in [2.05, 4.69) is 12.3 Å². The van der Waals surface area contributed by atoms with Gasteiger partial charge in [-0.25, -0.2) is 0 Å². The lowest BCUT2D eigenvalue weighted by Gasteiger charge is -1.37. The largest absolute Gasteiger partial charge is 0.133 e. The number of hydrogen-bond donors (Lipinski definition) is 0. The van der Waals surface area contributed by atoms with Gasteiger partial charge in [0.05, 0.1) is 0 Å². The van der Waals surface area contributed by atoms with Crippen LogP contribution in [0.3, 0.4) is 0 Å². The highest BCUT2D eigenvalue weighted by Gasteiger charge is 1.24. The molecule has 0 aromatic heterocycles. The molecule has 0 nitrogen and oxygen atoms in total. The van der Waals surface area contributed by atoms with E-state index in [4.69, 9.17) is 0 Å². The first-order chi connectivity index (χ1) is 2.91. The summed E-state index contributed by atoms with van der Waals surface area (Å²) in [5.41, 5.74) is 2.56. The van der Waals surface area contributed by atoms with Crippen LogP contribution in [0.2, 0.25) is 0 Å². The van der Waals surface area contributed by atoms with Crippen LogP contribution in [-0.4, -0.2) is 0 Å². The Morgan fingerprint density at radius 3 is 1.57 bits per heavy atom. The van der Waals surface area contributed by atoms with Crippen molar-refractivity contribution in [3.63, 3.8) is 0 Å². The first kappa shape index (κ1) is 16.0. The van der Waals surface area contributed by atoms with Crippen molar-refractivity contribution in [2.75, 3.05) is 0 Å². The minimum Gasteiger partial charge on any atom is -0.133 e. The number of hydrogen-bond acceptors (Lipinski definition) is 0.